The van der Waals surface area contributed by atoms with E-state index in [1.165, 1.54) is 22.7 Å². The van der Waals surface area contributed by atoms with E-state index in [1.807, 2.05) is 19.9 Å². The lowest BCUT2D eigenvalue weighted by molar-refractivity contribution is 0.0954. The van der Waals surface area contributed by atoms with E-state index in [0.717, 1.165) is 5.69 Å². The molecule has 0 saturated heterocycles. The molecule has 2 rings (SSSR count). The van der Waals surface area contributed by atoms with Gasteiger partial charge in [-0.15, -0.1) is 0 Å². The molecule has 0 bridgehead atoms. The van der Waals surface area contributed by atoms with E-state index in [0.29, 0.717) is 17.5 Å². The number of hydrogen-bond acceptors (Lipinski definition) is 5. The normalized spacial score (nSPS) is 10.9. The molecule has 118 valence electrons. The Hall–Kier alpha value is -2.09. The number of aromatic nitrogens is 4. The molecule has 0 aliphatic rings. The molecule has 7 nitrogen and oxygen atoms in total. The second kappa shape index (κ2) is 7.26. The molecular weight excluding hydrogens is 302 g/mol. The lowest BCUT2D eigenvalue weighted by Gasteiger charge is -2.13. The fourth-order valence-corrected chi connectivity index (χ4v) is 2.71. The van der Waals surface area contributed by atoms with Crippen molar-refractivity contribution >= 4 is 17.7 Å². The summed E-state index contributed by atoms with van der Waals surface area (Å²) in [4.78, 5) is 28.3. The van der Waals surface area contributed by atoms with Crippen molar-refractivity contribution in [3.8, 4) is 0 Å². The number of pyridine rings is 1. The standard InChI is InChI=1S/C14H19N5O2S/c1-9(2)11-5-4-10(13(21)19(11)3)12(20)15-6-7-22-14-16-8-17-18-14/h4-5,8-9H,6-7H2,1-3H3,(H,15,20)(H,16,17,18). The molecule has 0 radical (unpaired) electrons. The minimum atomic E-state index is -0.353. The van der Waals surface area contributed by atoms with Crippen molar-refractivity contribution in [3.63, 3.8) is 0 Å². The molecule has 2 heterocycles. The van der Waals surface area contributed by atoms with Crippen LogP contribution in [0.1, 0.15) is 35.8 Å². The highest BCUT2D eigenvalue weighted by Crippen LogP contribution is 2.12. The van der Waals surface area contributed by atoms with Gasteiger partial charge in [0.25, 0.3) is 11.5 Å². The van der Waals surface area contributed by atoms with Crippen molar-refractivity contribution in [2.75, 3.05) is 12.3 Å². The first kappa shape index (κ1) is 16.3. The fourth-order valence-electron chi connectivity index (χ4n) is 2.07. The van der Waals surface area contributed by atoms with E-state index in [4.69, 9.17) is 0 Å². The molecule has 0 unspecified atom stereocenters. The van der Waals surface area contributed by atoms with Crippen LogP contribution in [0.5, 0.6) is 0 Å². The van der Waals surface area contributed by atoms with Gasteiger partial charge in [-0.25, -0.2) is 4.98 Å². The van der Waals surface area contributed by atoms with Gasteiger partial charge < -0.3 is 9.88 Å². The number of thioether (sulfide) groups is 1. The van der Waals surface area contributed by atoms with Gasteiger partial charge in [-0.05, 0) is 18.1 Å². The second-order valence-corrected chi connectivity index (χ2v) is 6.17. The highest BCUT2D eigenvalue weighted by atomic mass is 32.2. The number of rotatable bonds is 6. The number of carbonyl (C=O) groups excluding carboxylic acids is 1. The molecule has 2 aromatic heterocycles. The number of carbonyl (C=O) groups is 1. The van der Waals surface area contributed by atoms with E-state index in [2.05, 4.69) is 20.5 Å². The Bertz CT molecular complexity index is 694. The molecule has 22 heavy (non-hydrogen) atoms. The first-order valence-corrected chi connectivity index (χ1v) is 7.95. The third-order valence-corrected chi connectivity index (χ3v) is 4.08. The maximum absolute atomic E-state index is 12.2. The Morgan fingerprint density at radius 2 is 2.23 bits per heavy atom. The highest BCUT2D eigenvalue weighted by molar-refractivity contribution is 7.99. The van der Waals surface area contributed by atoms with E-state index in [9.17, 15) is 9.59 Å². The van der Waals surface area contributed by atoms with Crippen LogP contribution in [0.15, 0.2) is 28.4 Å². The Morgan fingerprint density at radius 3 is 2.86 bits per heavy atom. The van der Waals surface area contributed by atoms with Gasteiger partial charge in [0.1, 0.15) is 11.9 Å². The van der Waals surface area contributed by atoms with Crippen LogP contribution in [0, 0.1) is 0 Å². The summed E-state index contributed by atoms with van der Waals surface area (Å²) in [5.41, 5.74) is 0.797. The SMILES string of the molecule is CC(C)c1ccc(C(=O)NCCSc2ncn[nH]2)c(=O)n1C. The van der Waals surface area contributed by atoms with Gasteiger partial charge in [-0.1, -0.05) is 25.6 Å². The van der Waals surface area contributed by atoms with Crippen LogP contribution in [-0.4, -0.2) is 38.0 Å². The maximum atomic E-state index is 12.2. The molecule has 0 fully saturated rings. The summed E-state index contributed by atoms with van der Waals surface area (Å²) in [6.45, 7) is 4.46. The van der Waals surface area contributed by atoms with Gasteiger partial charge in [-0.2, -0.15) is 5.10 Å². The quantitative estimate of drug-likeness (QED) is 0.615. The summed E-state index contributed by atoms with van der Waals surface area (Å²) in [7, 11) is 1.69. The molecular formula is C14H19N5O2S. The van der Waals surface area contributed by atoms with Crippen molar-refractivity contribution in [2.45, 2.75) is 24.9 Å². The predicted octanol–water partition coefficient (Wildman–Crippen LogP) is 1.15. The van der Waals surface area contributed by atoms with E-state index < -0.39 is 0 Å². The average Bonchev–Trinajstić information content (AvgIpc) is 2.99. The Morgan fingerprint density at radius 1 is 1.45 bits per heavy atom. The zero-order valence-electron chi connectivity index (χ0n) is 12.8. The van der Waals surface area contributed by atoms with Crippen molar-refractivity contribution < 1.29 is 4.79 Å². The van der Waals surface area contributed by atoms with Crippen LogP contribution in [-0.2, 0) is 7.05 Å². The lowest BCUT2D eigenvalue weighted by atomic mass is 10.1. The number of nitrogens with one attached hydrogen (secondary N) is 2. The summed E-state index contributed by atoms with van der Waals surface area (Å²) in [6.07, 6.45) is 1.43. The zero-order valence-corrected chi connectivity index (χ0v) is 13.6. The minimum Gasteiger partial charge on any atom is -0.351 e. The van der Waals surface area contributed by atoms with Crippen molar-refractivity contribution in [3.05, 3.63) is 40.1 Å². The molecule has 0 saturated carbocycles. The molecule has 0 aliphatic heterocycles. The summed E-state index contributed by atoms with van der Waals surface area (Å²) in [5.74, 6) is 0.521. The summed E-state index contributed by atoms with van der Waals surface area (Å²) >= 11 is 1.45. The number of hydrogen-bond donors (Lipinski definition) is 2. The first-order chi connectivity index (χ1) is 10.5. The molecule has 1 amide bonds. The highest BCUT2D eigenvalue weighted by Gasteiger charge is 2.14. The fraction of sp³-hybridized carbons (Fsp3) is 0.429. The van der Waals surface area contributed by atoms with E-state index in [-0.39, 0.29) is 22.9 Å². The maximum Gasteiger partial charge on any atom is 0.263 e. The smallest absolute Gasteiger partial charge is 0.263 e. The third-order valence-electron chi connectivity index (χ3n) is 3.20. The first-order valence-electron chi connectivity index (χ1n) is 6.97. The number of nitrogens with zero attached hydrogens (tertiary/aromatic N) is 3. The molecule has 8 heteroatoms. The van der Waals surface area contributed by atoms with Gasteiger partial charge in [-0.3, -0.25) is 14.7 Å². The number of H-pyrrole nitrogens is 1. The second-order valence-electron chi connectivity index (χ2n) is 5.09. The summed E-state index contributed by atoms with van der Waals surface area (Å²) in [5, 5.41) is 9.91. The van der Waals surface area contributed by atoms with E-state index in [1.54, 1.807) is 13.1 Å². The van der Waals surface area contributed by atoms with Crippen LogP contribution < -0.4 is 10.9 Å². The molecule has 0 spiro atoms. The Labute approximate surface area is 132 Å². The topological polar surface area (TPSA) is 92.7 Å². The van der Waals surface area contributed by atoms with Gasteiger partial charge in [0, 0.05) is 25.0 Å². The van der Waals surface area contributed by atoms with Gasteiger partial charge in [0.05, 0.1) is 0 Å². The monoisotopic (exact) mass is 321 g/mol. The van der Waals surface area contributed by atoms with Crippen LogP contribution in [0.3, 0.4) is 0 Å². The van der Waals surface area contributed by atoms with Crippen molar-refractivity contribution in [2.24, 2.45) is 7.05 Å². The summed E-state index contributed by atoms with van der Waals surface area (Å²) < 4.78 is 1.53. The molecule has 0 aromatic carbocycles. The Balaban J connectivity index is 1.95. The predicted molar refractivity (Wildman–Crippen MR) is 85.2 cm³/mol. The van der Waals surface area contributed by atoms with Gasteiger partial charge in [0.15, 0.2) is 5.16 Å². The minimum absolute atomic E-state index is 0.163. The molecule has 2 N–H and O–H groups in total. The van der Waals surface area contributed by atoms with E-state index >= 15 is 0 Å². The lowest BCUT2D eigenvalue weighted by Crippen LogP contribution is -2.34. The van der Waals surface area contributed by atoms with Crippen LogP contribution in [0.2, 0.25) is 0 Å². The van der Waals surface area contributed by atoms with Crippen LogP contribution in [0.25, 0.3) is 0 Å². The number of aromatic amines is 1. The van der Waals surface area contributed by atoms with Gasteiger partial charge in [0.2, 0.25) is 0 Å². The van der Waals surface area contributed by atoms with Crippen molar-refractivity contribution in [1.29, 1.82) is 0 Å². The summed E-state index contributed by atoms with van der Waals surface area (Å²) in [6, 6.07) is 3.42. The molecule has 0 aliphatic carbocycles. The van der Waals surface area contributed by atoms with Gasteiger partial charge >= 0.3 is 0 Å². The zero-order chi connectivity index (χ0) is 16.1. The molecule has 2 aromatic rings. The van der Waals surface area contributed by atoms with Crippen molar-refractivity contribution in [1.82, 2.24) is 25.1 Å². The van der Waals surface area contributed by atoms with Crippen LogP contribution >= 0.6 is 11.8 Å². The number of amides is 1. The molecule has 0 atom stereocenters. The Kier molecular flexibility index (Phi) is 5.37. The largest absolute Gasteiger partial charge is 0.351 e. The third kappa shape index (κ3) is 3.76. The van der Waals surface area contributed by atoms with Crippen LogP contribution in [0.4, 0.5) is 0 Å². The average molecular weight is 321 g/mol.